The summed E-state index contributed by atoms with van der Waals surface area (Å²) in [6.07, 6.45) is 1.00. The van der Waals surface area contributed by atoms with E-state index < -0.39 is 40.5 Å². The largest absolute Gasteiger partial charge is 0.480 e. The molecular formula is C26H25ClN2O7S. The van der Waals surface area contributed by atoms with Crippen molar-refractivity contribution < 1.29 is 33.0 Å². The van der Waals surface area contributed by atoms with Crippen molar-refractivity contribution in [2.45, 2.75) is 19.0 Å². The van der Waals surface area contributed by atoms with E-state index in [4.69, 9.17) is 16.7 Å². The molecule has 1 atom stereocenters. The summed E-state index contributed by atoms with van der Waals surface area (Å²) < 4.78 is 24.8. The van der Waals surface area contributed by atoms with E-state index >= 15 is 0 Å². The van der Waals surface area contributed by atoms with Gasteiger partial charge in [-0.2, -0.15) is 4.31 Å². The Morgan fingerprint density at radius 1 is 0.919 bits per heavy atom. The minimum absolute atomic E-state index is 0.0460. The molecule has 3 rings (SSSR count). The maximum atomic E-state index is 12.5. The van der Waals surface area contributed by atoms with E-state index in [9.17, 15) is 27.9 Å². The third-order valence-corrected chi connectivity index (χ3v) is 7.04. The smallest absolute Gasteiger partial charge is 0.326 e. The highest BCUT2D eigenvalue weighted by Gasteiger charge is 2.23. The molecule has 0 saturated carbocycles. The Kier molecular flexibility index (Phi) is 9.04. The van der Waals surface area contributed by atoms with Gasteiger partial charge >= 0.3 is 11.9 Å². The number of aliphatic carboxylic acids is 2. The lowest BCUT2D eigenvalue weighted by Gasteiger charge is -2.18. The van der Waals surface area contributed by atoms with Gasteiger partial charge in [0.15, 0.2) is 0 Å². The van der Waals surface area contributed by atoms with Gasteiger partial charge in [0.25, 0.3) is 5.91 Å². The van der Waals surface area contributed by atoms with Crippen LogP contribution in [0.4, 0.5) is 0 Å². The maximum Gasteiger partial charge on any atom is 0.326 e. The van der Waals surface area contributed by atoms with Crippen LogP contribution in [0.25, 0.3) is 11.1 Å². The predicted molar refractivity (Wildman–Crippen MR) is 139 cm³/mol. The zero-order valence-electron chi connectivity index (χ0n) is 19.8. The van der Waals surface area contributed by atoms with Gasteiger partial charge in [-0.15, -0.1) is 0 Å². The SMILES string of the molecule is CS(=O)(=O)N(CC(=O)O)Cc1cccc(-c2ccc(C[C@H](NC(=O)c3ccccc3Cl)C(=O)O)cc2)c1. The molecule has 0 saturated heterocycles. The van der Waals surface area contributed by atoms with Gasteiger partial charge < -0.3 is 15.5 Å². The molecule has 1 amide bonds. The molecule has 0 aliphatic rings. The second-order valence-corrected chi connectivity index (χ2v) is 10.8. The lowest BCUT2D eigenvalue weighted by Crippen LogP contribution is -2.42. The number of amides is 1. The maximum absolute atomic E-state index is 12.5. The van der Waals surface area contributed by atoms with Gasteiger partial charge in [-0.05, 0) is 40.5 Å². The first-order chi connectivity index (χ1) is 17.4. The number of sulfonamides is 1. The summed E-state index contributed by atoms with van der Waals surface area (Å²) >= 11 is 6.03. The molecule has 11 heteroatoms. The second-order valence-electron chi connectivity index (χ2n) is 8.37. The number of carbonyl (C=O) groups is 3. The van der Waals surface area contributed by atoms with Gasteiger partial charge in [0.05, 0.1) is 16.8 Å². The van der Waals surface area contributed by atoms with Crippen LogP contribution in [0.5, 0.6) is 0 Å². The molecule has 0 aromatic heterocycles. The number of carboxylic acid groups (broad SMARTS) is 2. The Labute approximate surface area is 219 Å². The molecule has 194 valence electrons. The second kappa shape index (κ2) is 12.0. The average molecular weight is 545 g/mol. The molecule has 3 aromatic rings. The van der Waals surface area contributed by atoms with Gasteiger partial charge in [-0.25, -0.2) is 13.2 Å². The number of rotatable bonds is 11. The van der Waals surface area contributed by atoms with Crippen molar-refractivity contribution in [3.8, 4) is 11.1 Å². The van der Waals surface area contributed by atoms with Crippen molar-refractivity contribution in [3.63, 3.8) is 0 Å². The third-order valence-electron chi connectivity index (χ3n) is 5.52. The predicted octanol–water partition coefficient (Wildman–Crippen LogP) is 3.28. The first kappa shape index (κ1) is 27.9. The fourth-order valence-electron chi connectivity index (χ4n) is 3.64. The Hall–Kier alpha value is -3.73. The van der Waals surface area contributed by atoms with E-state index in [0.29, 0.717) is 11.1 Å². The molecule has 37 heavy (non-hydrogen) atoms. The van der Waals surface area contributed by atoms with Crippen LogP contribution in [-0.2, 0) is 32.6 Å². The van der Waals surface area contributed by atoms with Crippen LogP contribution in [0.15, 0.2) is 72.8 Å². The lowest BCUT2D eigenvalue weighted by atomic mass is 9.99. The van der Waals surface area contributed by atoms with E-state index in [1.165, 1.54) is 6.07 Å². The zero-order valence-corrected chi connectivity index (χ0v) is 21.4. The Bertz CT molecular complexity index is 1410. The normalized spacial score (nSPS) is 12.2. The number of carbonyl (C=O) groups excluding carboxylic acids is 1. The van der Waals surface area contributed by atoms with Crippen molar-refractivity contribution >= 4 is 39.5 Å². The molecule has 0 fully saturated rings. The highest BCUT2D eigenvalue weighted by Crippen LogP contribution is 2.23. The summed E-state index contributed by atoms with van der Waals surface area (Å²) in [6, 6.07) is 19.3. The van der Waals surface area contributed by atoms with Crippen LogP contribution in [0.2, 0.25) is 5.02 Å². The quantitative estimate of drug-likeness (QED) is 0.336. The number of halogens is 1. The summed E-state index contributed by atoms with van der Waals surface area (Å²) in [7, 11) is -3.72. The van der Waals surface area contributed by atoms with Crippen molar-refractivity contribution in [3.05, 3.63) is 94.5 Å². The minimum Gasteiger partial charge on any atom is -0.480 e. The molecule has 0 bridgehead atoms. The third kappa shape index (κ3) is 7.88. The Balaban J connectivity index is 1.74. The van der Waals surface area contributed by atoms with E-state index in [-0.39, 0.29) is 23.6 Å². The van der Waals surface area contributed by atoms with Crippen LogP contribution in [0.1, 0.15) is 21.5 Å². The molecule has 3 N–H and O–H groups in total. The van der Waals surface area contributed by atoms with Crippen LogP contribution < -0.4 is 5.32 Å². The van der Waals surface area contributed by atoms with Crippen molar-refractivity contribution in [2.24, 2.45) is 0 Å². The fourth-order valence-corrected chi connectivity index (χ4v) is 4.59. The van der Waals surface area contributed by atoms with Crippen LogP contribution in [0.3, 0.4) is 0 Å². The summed E-state index contributed by atoms with van der Waals surface area (Å²) in [4.78, 5) is 35.3. The molecule has 0 radical (unpaired) electrons. The minimum atomic E-state index is -3.72. The molecule has 0 unspecified atom stereocenters. The van der Waals surface area contributed by atoms with Gasteiger partial charge in [0.2, 0.25) is 10.0 Å². The Morgan fingerprint density at radius 3 is 2.19 bits per heavy atom. The van der Waals surface area contributed by atoms with E-state index in [1.807, 2.05) is 6.07 Å². The Morgan fingerprint density at radius 2 is 1.59 bits per heavy atom. The highest BCUT2D eigenvalue weighted by molar-refractivity contribution is 7.88. The molecule has 3 aromatic carbocycles. The topological polar surface area (TPSA) is 141 Å². The van der Waals surface area contributed by atoms with E-state index in [1.54, 1.807) is 60.7 Å². The lowest BCUT2D eigenvalue weighted by molar-refractivity contribution is -0.139. The van der Waals surface area contributed by atoms with Crippen molar-refractivity contribution in [1.29, 1.82) is 0 Å². The molecule has 9 nitrogen and oxygen atoms in total. The van der Waals surface area contributed by atoms with Crippen molar-refractivity contribution in [2.75, 3.05) is 12.8 Å². The number of carboxylic acids is 2. The first-order valence-electron chi connectivity index (χ1n) is 11.1. The molecule has 0 aliphatic heterocycles. The molecule has 0 aliphatic carbocycles. The summed E-state index contributed by atoms with van der Waals surface area (Å²) in [6.45, 7) is -0.738. The average Bonchev–Trinajstić information content (AvgIpc) is 2.83. The van der Waals surface area contributed by atoms with Crippen LogP contribution >= 0.6 is 11.6 Å². The number of benzene rings is 3. The van der Waals surface area contributed by atoms with E-state index in [2.05, 4.69) is 5.32 Å². The monoisotopic (exact) mass is 544 g/mol. The summed E-state index contributed by atoms with van der Waals surface area (Å²) in [5.41, 5.74) is 3.04. The summed E-state index contributed by atoms with van der Waals surface area (Å²) in [5.74, 6) is -3.02. The zero-order chi connectivity index (χ0) is 27.2. The van der Waals surface area contributed by atoms with E-state index in [0.717, 1.165) is 21.7 Å². The molecule has 0 heterocycles. The standard InChI is InChI=1S/C26H25ClN2O7S/c1-37(35,36)29(16-24(30)31)15-18-5-4-6-20(13-18)19-11-9-17(10-12-19)14-23(26(33)34)28-25(32)21-7-2-3-8-22(21)27/h2-13,23H,14-16H2,1H3,(H,28,32)(H,30,31)(H,33,34)/t23-/m0/s1. The number of nitrogens with zero attached hydrogens (tertiary/aromatic N) is 1. The fraction of sp³-hybridized carbons (Fsp3) is 0.192. The van der Waals surface area contributed by atoms with Gasteiger partial charge in [-0.1, -0.05) is 66.2 Å². The molecular weight excluding hydrogens is 520 g/mol. The number of hydrogen-bond donors (Lipinski definition) is 3. The highest BCUT2D eigenvalue weighted by atomic mass is 35.5. The number of nitrogens with one attached hydrogen (secondary N) is 1. The summed E-state index contributed by atoms with van der Waals surface area (Å²) in [5, 5.41) is 21.4. The van der Waals surface area contributed by atoms with Gasteiger partial charge in [0.1, 0.15) is 12.6 Å². The van der Waals surface area contributed by atoms with Crippen LogP contribution in [0, 0.1) is 0 Å². The van der Waals surface area contributed by atoms with Crippen molar-refractivity contribution in [1.82, 2.24) is 9.62 Å². The first-order valence-corrected chi connectivity index (χ1v) is 13.3. The van der Waals surface area contributed by atoms with Crippen LogP contribution in [-0.4, -0.2) is 59.6 Å². The van der Waals surface area contributed by atoms with Gasteiger partial charge in [0, 0.05) is 13.0 Å². The van der Waals surface area contributed by atoms with Gasteiger partial charge in [-0.3, -0.25) is 9.59 Å². The molecule has 0 spiro atoms. The number of hydrogen-bond acceptors (Lipinski definition) is 5.